The van der Waals surface area contributed by atoms with Gasteiger partial charge >= 0.3 is 6.18 Å². The number of hydrogen-bond acceptors (Lipinski definition) is 3. The zero-order valence-corrected chi connectivity index (χ0v) is 17.5. The molecule has 9 heteroatoms. The number of amides is 1. The lowest BCUT2D eigenvalue weighted by atomic mass is 9.93. The highest BCUT2D eigenvalue weighted by Crippen LogP contribution is 2.43. The highest BCUT2D eigenvalue weighted by Gasteiger charge is 2.35. The normalized spacial score (nSPS) is 14.4. The van der Waals surface area contributed by atoms with Crippen LogP contribution in [0.5, 0.6) is 0 Å². The largest absolute Gasteiger partial charge is 0.416 e. The van der Waals surface area contributed by atoms with Crippen LogP contribution in [0.25, 0.3) is 5.69 Å². The van der Waals surface area contributed by atoms with Gasteiger partial charge in [0.1, 0.15) is 0 Å². The van der Waals surface area contributed by atoms with Crippen molar-refractivity contribution < 1.29 is 18.0 Å². The van der Waals surface area contributed by atoms with Gasteiger partial charge in [-0.15, -0.1) is 12.4 Å². The maximum Gasteiger partial charge on any atom is 0.416 e. The van der Waals surface area contributed by atoms with Crippen LogP contribution in [0.2, 0.25) is 0 Å². The third-order valence-corrected chi connectivity index (χ3v) is 4.98. The fourth-order valence-corrected chi connectivity index (χ4v) is 3.28. The minimum absolute atomic E-state index is 0. The number of carbonyl (C=O) groups excluding carboxylic acids is 1. The lowest BCUT2D eigenvalue weighted by molar-refractivity contribution is -0.137. The molecule has 1 aliphatic carbocycles. The Kier molecular flexibility index (Phi) is 6.69. The molecule has 1 fully saturated rings. The Hall–Kier alpha value is -2.06. The first-order valence-electron chi connectivity index (χ1n) is 9.24. The van der Waals surface area contributed by atoms with Crippen LogP contribution in [0.4, 0.5) is 13.2 Å². The van der Waals surface area contributed by atoms with E-state index < -0.39 is 11.7 Å². The van der Waals surface area contributed by atoms with E-state index >= 15 is 0 Å². The minimum Gasteiger partial charge on any atom is -0.341 e. The van der Waals surface area contributed by atoms with Gasteiger partial charge in [-0.1, -0.05) is 19.9 Å². The van der Waals surface area contributed by atoms with E-state index in [0.717, 1.165) is 25.0 Å². The average Bonchev–Trinajstić information content (AvgIpc) is 3.38. The Bertz CT molecular complexity index is 875. The molecule has 3 rings (SSSR count). The van der Waals surface area contributed by atoms with E-state index in [1.54, 1.807) is 18.0 Å². The number of nitrogens with two attached hydrogens (primary N) is 1. The van der Waals surface area contributed by atoms with Crippen LogP contribution in [0.3, 0.4) is 0 Å². The molecule has 0 aliphatic heterocycles. The van der Waals surface area contributed by atoms with Crippen LogP contribution in [0.15, 0.2) is 30.5 Å². The number of aromatic nitrogens is 2. The lowest BCUT2D eigenvalue weighted by Crippen LogP contribution is -2.40. The zero-order chi connectivity index (χ0) is 20.7. The van der Waals surface area contributed by atoms with E-state index in [4.69, 9.17) is 5.73 Å². The topological polar surface area (TPSA) is 64.2 Å². The Labute approximate surface area is 174 Å². The van der Waals surface area contributed by atoms with Crippen LogP contribution in [-0.4, -0.2) is 40.7 Å². The Morgan fingerprint density at radius 2 is 1.97 bits per heavy atom. The van der Waals surface area contributed by atoms with Gasteiger partial charge in [-0.3, -0.25) is 4.79 Å². The predicted molar refractivity (Wildman–Crippen MR) is 108 cm³/mol. The van der Waals surface area contributed by atoms with Crippen molar-refractivity contribution in [2.45, 2.75) is 38.8 Å². The third kappa shape index (κ3) is 5.11. The van der Waals surface area contributed by atoms with Gasteiger partial charge in [0.25, 0.3) is 5.91 Å². The molecule has 0 bridgehead atoms. The predicted octanol–water partition coefficient (Wildman–Crippen LogP) is 4.25. The monoisotopic (exact) mass is 430 g/mol. The molecule has 0 radical (unpaired) electrons. The molecule has 0 spiro atoms. The maximum absolute atomic E-state index is 13.1. The fraction of sp³-hybridized carbons (Fsp3) is 0.500. The van der Waals surface area contributed by atoms with E-state index in [2.05, 4.69) is 5.10 Å². The highest BCUT2D eigenvalue weighted by atomic mass is 35.5. The number of nitrogens with zero attached hydrogens (tertiary/aromatic N) is 3. The molecular weight excluding hydrogens is 405 g/mol. The van der Waals surface area contributed by atoms with Gasteiger partial charge in [-0.25, -0.2) is 4.68 Å². The quantitative estimate of drug-likeness (QED) is 0.745. The van der Waals surface area contributed by atoms with E-state index in [1.807, 2.05) is 13.8 Å². The summed E-state index contributed by atoms with van der Waals surface area (Å²) >= 11 is 0. The first kappa shape index (κ1) is 23.2. The summed E-state index contributed by atoms with van der Waals surface area (Å²) in [4.78, 5) is 14.6. The smallest absolute Gasteiger partial charge is 0.341 e. The van der Waals surface area contributed by atoms with Crippen LogP contribution in [-0.2, 0) is 6.18 Å². The van der Waals surface area contributed by atoms with Crippen LogP contribution >= 0.6 is 12.4 Å². The first-order valence-corrected chi connectivity index (χ1v) is 9.24. The molecule has 0 unspecified atom stereocenters. The number of hydrogen-bond donors (Lipinski definition) is 1. The van der Waals surface area contributed by atoms with Gasteiger partial charge in [0.2, 0.25) is 0 Å². The molecule has 1 aromatic carbocycles. The third-order valence-electron chi connectivity index (χ3n) is 4.98. The van der Waals surface area contributed by atoms with Crippen molar-refractivity contribution in [2.24, 2.45) is 11.1 Å². The molecule has 2 aromatic rings. The van der Waals surface area contributed by atoms with Gasteiger partial charge in [0.05, 0.1) is 28.7 Å². The van der Waals surface area contributed by atoms with Gasteiger partial charge < -0.3 is 10.6 Å². The minimum atomic E-state index is -4.43. The Morgan fingerprint density at radius 1 is 1.31 bits per heavy atom. The number of alkyl halides is 3. The van der Waals surface area contributed by atoms with Gasteiger partial charge in [0, 0.05) is 19.5 Å². The molecule has 29 heavy (non-hydrogen) atoms. The molecule has 0 atom stereocenters. The van der Waals surface area contributed by atoms with Crippen molar-refractivity contribution in [1.29, 1.82) is 0 Å². The second-order valence-electron chi connectivity index (χ2n) is 8.21. The second kappa shape index (κ2) is 8.36. The van der Waals surface area contributed by atoms with Crippen molar-refractivity contribution in [2.75, 3.05) is 20.1 Å². The van der Waals surface area contributed by atoms with E-state index in [0.29, 0.717) is 30.0 Å². The molecule has 1 aromatic heterocycles. The molecule has 160 valence electrons. The van der Waals surface area contributed by atoms with Crippen LogP contribution in [0, 0.1) is 5.41 Å². The van der Waals surface area contributed by atoms with Gasteiger partial charge in [0.15, 0.2) is 0 Å². The van der Waals surface area contributed by atoms with Crippen molar-refractivity contribution in [3.05, 3.63) is 47.3 Å². The summed E-state index contributed by atoms with van der Waals surface area (Å²) in [5.41, 5.74) is 6.22. The summed E-state index contributed by atoms with van der Waals surface area (Å²) in [6.07, 6.45) is -1.19. The van der Waals surface area contributed by atoms with Crippen LogP contribution < -0.4 is 5.73 Å². The molecule has 1 saturated carbocycles. The van der Waals surface area contributed by atoms with E-state index in [9.17, 15) is 18.0 Å². The van der Waals surface area contributed by atoms with Crippen molar-refractivity contribution in [1.82, 2.24) is 14.7 Å². The average molecular weight is 431 g/mol. The van der Waals surface area contributed by atoms with Crippen molar-refractivity contribution in [3.63, 3.8) is 0 Å². The van der Waals surface area contributed by atoms with E-state index in [-0.39, 0.29) is 29.6 Å². The highest BCUT2D eigenvalue weighted by molar-refractivity contribution is 5.95. The molecular formula is C20H26ClF3N4O. The second-order valence-corrected chi connectivity index (χ2v) is 8.21. The van der Waals surface area contributed by atoms with Crippen molar-refractivity contribution >= 4 is 18.3 Å². The maximum atomic E-state index is 13.1. The Balaban J connectivity index is 0.00000300. The standard InChI is InChI=1S/C20H25F3N4O.ClH/c1-19(2,11-24)12-26(3)18(28)16-10-25-27(17(16)13-7-8-13)15-6-4-5-14(9-15)20(21,22)23;/h4-6,9-10,13H,7-8,11-12,24H2,1-3H3;1H. The summed E-state index contributed by atoms with van der Waals surface area (Å²) in [6.45, 7) is 4.86. The molecule has 1 heterocycles. The van der Waals surface area contributed by atoms with Gasteiger partial charge in [-0.05, 0) is 43.0 Å². The number of halogens is 4. The SMILES string of the molecule is CN(CC(C)(C)CN)C(=O)c1cnn(-c2cccc(C(F)(F)F)c2)c1C1CC1.Cl. The lowest BCUT2D eigenvalue weighted by Gasteiger charge is -2.29. The molecule has 2 N–H and O–H groups in total. The Morgan fingerprint density at radius 3 is 2.52 bits per heavy atom. The molecule has 1 aliphatic rings. The number of benzene rings is 1. The summed E-state index contributed by atoms with van der Waals surface area (Å²) in [5, 5.41) is 4.27. The number of rotatable bonds is 6. The number of carbonyl (C=O) groups is 1. The van der Waals surface area contributed by atoms with E-state index in [1.165, 1.54) is 16.9 Å². The summed E-state index contributed by atoms with van der Waals surface area (Å²) < 4.78 is 40.7. The fourth-order valence-electron chi connectivity index (χ4n) is 3.28. The first-order chi connectivity index (χ1) is 13.0. The molecule has 5 nitrogen and oxygen atoms in total. The summed E-state index contributed by atoms with van der Waals surface area (Å²) in [6, 6.07) is 5.02. The summed E-state index contributed by atoms with van der Waals surface area (Å²) in [5.74, 6) is -0.0615. The van der Waals surface area contributed by atoms with Gasteiger partial charge in [-0.2, -0.15) is 18.3 Å². The zero-order valence-electron chi connectivity index (χ0n) is 16.7. The van der Waals surface area contributed by atoms with Crippen molar-refractivity contribution in [3.8, 4) is 5.69 Å². The summed E-state index contributed by atoms with van der Waals surface area (Å²) in [7, 11) is 1.71. The van der Waals surface area contributed by atoms with Crippen LogP contribution in [0.1, 0.15) is 54.2 Å². The molecule has 1 amide bonds. The molecule has 0 saturated heterocycles.